The summed E-state index contributed by atoms with van der Waals surface area (Å²) >= 11 is 0. The number of rotatable bonds is 6. The molecule has 1 fully saturated rings. The molecule has 3 atom stereocenters. The number of ether oxygens (including phenoxy) is 2. The Morgan fingerprint density at radius 3 is 2.24 bits per heavy atom. The molecular weight excluding hydrogens is 424 g/mol. The lowest BCUT2D eigenvalue weighted by atomic mass is 9.82. The normalized spacial score (nSPS) is 22.2. The van der Waals surface area contributed by atoms with Crippen LogP contribution in [0, 0.1) is 11.6 Å². The van der Waals surface area contributed by atoms with E-state index in [0.29, 0.717) is 26.2 Å². The highest BCUT2D eigenvalue weighted by atomic mass is 19.1. The molecule has 0 amide bonds. The summed E-state index contributed by atoms with van der Waals surface area (Å²) in [5.41, 5.74) is 4.03. The number of aliphatic hydroxyl groups excluding tert-OH is 1. The molecule has 33 heavy (non-hydrogen) atoms. The molecule has 3 aromatic carbocycles. The van der Waals surface area contributed by atoms with Gasteiger partial charge in [-0.3, -0.25) is 0 Å². The lowest BCUT2D eigenvalue weighted by Crippen LogP contribution is -2.50. The fraction of sp³-hybridized carbons (Fsp3) is 0.333. The zero-order valence-electron chi connectivity index (χ0n) is 18.2. The minimum absolute atomic E-state index is 0.222. The van der Waals surface area contributed by atoms with Crippen LogP contribution in [-0.2, 0) is 17.7 Å². The van der Waals surface area contributed by atoms with E-state index in [4.69, 9.17) is 9.47 Å². The number of hydrogen-bond acceptors (Lipinski definition) is 4. The molecule has 172 valence electrons. The summed E-state index contributed by atoms with van der Waals surface area (Å²) in [5.74, 6) is 0.0676. The lowest BCUT2D eigenvalue weighted by Gasteiger charge is -2.38. The van der Waals surface area contributed by atoms with Crippen molar-refractivity contribution < 1.29 is 23.4 Å². The molecule has 0 spiro atoms. The molecule has 3 aromatic rings. The minimum Gasteiger partial charge on any atom is -0.493 e. The largest absolute Gasteiger partial charge is 0.493 e. The van der Waals surface area contributed by atoms with Gasteiger partial charge in [-0.15, -0.1) is 0 Å². The Labute approximate surface area is 192 Å². The van der Waals surface area contributed by atoms with Gasteiger partial charge in [-0.2, -0.15) is 0 Å². The van der Waals surface area contributed by atoms with Crippen molar-refractivity contribution in [3.05, 3.63) is 101 Å². The van der Waals surface area contributed by atoms with Crippen molar-refractivity contribution in [2.24, 2.45) is 0 Å². The summed E-state index contributed by atoms with van der Waals surface area (Å²) < 4.78 is 39.1. The molecule has 2 heterocycles. The van der Waals surface area contributed by atoms with Gasteiger partial charge in [-0.1, -0.05) is 42.5 Å². The zero-order chi connectivity index (χ0) is 22.8. The van der Waals surface area contributed by atoms with Crippen molar-refractivity contribution in [3.63, 3.8) is 0 Å². The average Bonchev–Trinajstić information content (AvgIpc) is 3.31. The van der Waals surface area contributed by atoms with E-state index < -0.39 is 6.10 Å². The standard InChI is InChI=1S/C27H27F2NO3/c28-21-8-4-17(5-9-21)26(18-6-10-22(29)11-7-18)25-14-24(31)23(16-33-25)30-15-20-3-1-2-19-12-13-32-27(19)20/h1-11,23-26,30-31H,12-16H2. The molecule has 2 aliphatic rings. The topological polar surface area (TPSA) is 50.7 Å². The van der Waals surface area contributed by atoms with Gasteiger partial charge in [0.05, 0.1) is 31.5 Å². The molecule has 3 unspecified atom stereocenters. The fourth-order valence-corrected chi connectivity index (χ4v) is 4.86. The third-order valence-corrected chi connectivity index (χ3v) is 6.61. The molecule has 0 bridgehead atoms. The van der Waals surface area contributed by atoms with Crippen molar-refractivity contribution in [1.82, 2.24) is 5.32 Å². The second kappa shape index (κ2) is 9.59. The van der Waals surface area contributed by atoms with Crippen LogP contribution in [0.15, 0.2) is 66.7 Å². The van der Waals surface area contributed by atoms with Crippen LogP contribution in [0.25, 0.3) is 0 Å². The summed E-state index contributed by atoms with van der Waals surface area (Å²) in [7, 11) is 0. The highest BCUT2D eigenvalue weighted by Crippen LogP contribution is 2.35. The van der Waals surface area contributed by atoms with Crippen LogP contribution in [-0.4, -0.2) is 36.6 Å². The van der Waals surface area contributed by atoms with E-state index in [9.17, 15) is 13.9 Å². The number of para-hydroxylation sites is 1. The highest BCUT2D eigenvalue weighted by molar-refractivity contribution is 5.44. The Morgan fingerprint density at radius 1 is 0.939 bits per heavy atom. The van der Waals surface area contributed by atoms with Crippen LogP contribution < -0.4 is 10.1 Å². The van der Waals surface area contributed by atoms with Gasteiger partial charge in [0.2, 0.25) is 0 Å². The van der Waals surface area contributed by atoms with E-state index in [1.54, 1.807) is 24.3 Å². The van der Waals surface area contributed by atoms with Crippen LogP contribution in [0.2, 0.25) is 0 Å². The molecule has 5 rings (SSSR count). The maximum absolute atomic E-state index is 13.5. The third kappa shape index (κ3) is 4.78. The maximum Gasteiger partial charge on any atom is 0.127 e. The molecule has 4 nitrogen and oxygen atoms in total. The number of aliphatic hydroxyl groups is 1. The second-order valence-corrected chi connectivity index (χ2v) is 8.75. The summed E-state index contributed by atoms with van der Waals surface area (Å²) in [4.78, 5) is 0. The molecule has 2 N–H and O–H groups in total. The van der Waals surface area contributed by atoms with Gasteiger partial charge < -0.3 is 19.9 Å². The first-order chi connectivity index (χ1) is 16.1. The monoisotopic (exact) mass is 451 g/mol. The number of benzene rings is 3. The minimum atomic E-state index is -0.621. The van der Waals surface area contributed by atoms with E-state index in [1.807, 2.05) is 12.1 Å². The average molecular weight is 452 g/mol. The highest BCUT2D eigenvalue weighted by Gasteiger charge is 2.35. The van der Waals surface area contributed by atoms with E-state index in [2.05, 4.69) is 11.4 Å². The number of nitrogens with one attached hydrogen (secondary N) is 1. The molecular formula is C27H27F2NO3. The van der Waals surface area contributed by atoms with Gasteiger partial charge >= 0.3 is 0 Å². The third-order valence-electron chi connectivity index (χ3n) is 6.61. The Morgan fingerprint density at radius 2 is 1.61 bits per heavy atom. The molecule has 0 radical (unpaired) electrons. The van der Waals surface area contributed by atoms with Crippen LogP contribution in [0.1, 0.15) is 34.6 Å². The van der Waals surface area contributed by atoms with E-state index >= 15 is 0 Å². The summed E-state index contributed by atoms with van der Waals surface area (Å²) in [6.45, 7) is 1.62. The molecule has 0 saturated carbocycles. The number of hydrogen-bond donors (Lipinski definition) is 2. The van der Waals surface area contributed by atoms with Gasteiger partial charge in [0.15, 0.2) is 0 Å². The molecule has 6 heteroatoms. The van der Waals surface area contributed by atoms with Crippen LogP contribution in [0.3, 0.4) is 0 Å². The lowest BCUT2D eigenvalue weighted by molar-refractivity contribution is -0.0718. The van der Waals surface area contributed by atoms with E-state index in [1.165, 1.54) is 29.8 Å². The predicted octanol–water partition coefficient (Wildman–Crippen LogP) is 4.34. The first-order valence-corrected chi connectivity index (χ1v) is 11.4. The first kappa shape index (κ1) is 22.0. The van der Waals surface area contributed by atoms with E-state index in [0.717, 1.165) is 28.9 Å². The molecule has 2 aliphatic heterocycles. The number of fused-ring (bicyclic) bond motifs is 1. The quantitative estimate of drug-likeness (QED) is 0.586. The van der Waals surface area contributed by atoms with Crippen molar-refractivity contribution in [2.45, 2.75) is 43.6 Å². The van der Waals surface area contributed by atoms with Crippen LogP contribution >= 0.6 is 0 Å². The van der Waals surface area contributed by atoms with E-state index in [-0.39, 0.29) is 29.7 Å². The SMILES string of the molecule is OC1CC(C(c2ccc(F)cc2)c2ccc(F)cc2)OCC1NCc1cccc2c1OCC2. The van der Waals surface area contributed by atoms with Crippen LogP contribution in [0.5, 0.6) is 5.75 Å². The Hall–Kier alpha value is -2.80. The van der Waals surface area contributed by atoms with Gasteiger partial charge in [0, 0.05) is 30.9 Å². The van der Waals surface area contributed by atoms with Crippen molar-refractivity contribution in [3.8, 4) is 5.75 Å². The van der Waals surface area contributed by atoms with Gasteiger partial charge in [-0.05, 0) is 41.0 Å². The fourth-order valence-electron chi connectivity index (χ4n) is 4.86. The summed E-state index contributed by atoms with van der Waals surface area (Å²) in [6, 6.07) is 18.5. The van der Waals surface area contributed by atoms with Gasteiger partial charge in [0.1, 0.15) is 17.4 Å². The Balaban J connectivity index is 1.30. The van der Waals surface area contributed by atoms with Crippen molar-refractivity contribution in [2.75, 3.05) is 13.2 Å². The van der Waals surface area contributed by atoms with Gasteiger partial charge in [-0.25, -0.2) is 8.78 Å². The molecule has 0 aromatic heterocycles. The number of halogens is 2. The Bertz CT molecular complexity index is 1040. The molecule has 0 aliphatic carbocycles. The first-order valence-electron chi connectivity index (χ1n) is 11.4. The second-order valence-electron chi connectivity index (χ2n) is 8.75. The van der Waals surface area contributed by atoms with Crippen LogP contribution in [0.4, 0.5) is 8.78 Å². The maximum atomic E-state index is 13.5. The Kier molecular flexibility index (Phi) is 6.40. The molecule has 1 saturated heterocycles. The zero-order valence-corrected chi connectivity index (χ0v) is 18.2. The predicted molar refractivity (Wildman–Crippen MR) is 121 cm³/mol. The summed E-state index contributed by atoms with van der Waals surface area (Å²) in [5, 5.41) is 14.4. The summed E-state index contributed by atoms with van der Waals surface area (Å²) in [6.07, 6.45) is 0.386. The smallest absolute Gasteiger partial charge is 0.127 e. The van der Waals surface area contributed by atoms with Crippen molar-refractivity contribution in [1.29, 1.82) is 0 Å². The van der Waals surface area contributed by atoms with Gasteiger partial charge in [0.25, 0.3) is 0 Å². The van der Waals surface area contributed by atoms with Crippen molar-refractivity contribution >= 4 is 0 Å².